The maximum absolute atomic E-state index is 12.9. The van der Waals surface area contributed by atoms with Gasteiger partial charge in [0.15, 0.2) is 6.61 Å². The number of nitrogens with zero attached hydrogens (tertiary/aromatic N) is 2. The molecule has 0 aliphatic carbocycles. The molecular weight excluding hydrogens is 420 g/mol. The van der Waals surface area contributed by atoms with E-state index in [1.54, 1.807) is 38.1 Å². The summed E-state index contributed by atoms with van der Waals surface area (Å²) in [5, 5.41) is 0. The minimum atomic E-state index is -3.62. The third kappa shape index (κ3) is 5.62. The van der Waals surface area contributed by atoms with Crippen LogP contribution in [0.25, 0.3) is 6.08 Å². The van der Waals surface area contributed by atoms with Gasteiger partial charge in [0.05, 0.1) is 4.90 Å². The van der Waals surface area contributed by atoms with Crippen molar-refractivity contribution in [2.24, 2.45) is 0 Å². The van der Waals surface area contributed by atoms with Crippen LogP contribution in [0.3, 0.4) is 0 Å². The van der Waals surface area contributed by atoms with Crippen LogP contribution in [0.1, 0.15) is 22.6 Å². The smallest absolute Gasteiger partial charge is 0.331 e. The van der Waals surface area contributed by atoms with E-state index in [4.69, 9.17) is 9.15 Å². The molecule has 0 spiro atoms. The van der Waals surface area contributed by atoms with Crippen molar-refractivity contribution in [2.75, 3.05) is 32.8 Å². The second-order valence-electron chi connectivity index (χ2n) is 7.44. The average molecular weight is 447 g/mol. The number of carbonyl (C=O) groups excluding carboxylic acids is 2. The molecule has 1 aromatic carbocycles. The predicted molar refractivity (Wildman–Crippen MR) is 115 cm³/mol. The number of furan rings is 1. The van der Waals surface area contributed by atoms with Gasteiger partial charge in [-0.2, -0.15) is 4.31 Å². The lowest BCUT2D eigenvalue weighted by molar-refractivity contribution is -0.148. The number of esters is 1. The molecule has 0 bridgehead atoms. The summed E-state index contributed by atoms with van der Waals surface area (Å²) in [6.45, 7) is 5.93. The van der Waals surface area contributed by atoms with Crippen molar-refractivity contribution in [3.05, 3.63) is 59.1 Å². The molecule has 9 heteroatoms. The lowest BCUT2D eigenvalue weighted by Gasteiger charge is -2.34. The Balaban J connectivity index is 1.50. The van der Waals surface area contributed by atoms with E-state index in [9.17, 15) is 18.0 Å². The van der Waals surface area contributed by atoms with Crippen molar-refractivity contribution in [3.8, 4) is 0 Å². The minimum absolute atomic E-state index is 0.188. The fourth-order valence-electron chi connectivity index (χ4n) is 3.37. The maximum Gasteiger partial charge on any atom is 0.331 e. The van der Waals surface area contributed by atoms with E-state index in [0.717, 1.165) is 11.3 Å². The molecule has 1 aliphatic heterocycles. The molecule has 1 aromatic heterocycles. The topological polar surface area (TPSA) is 97.1 Å². The van der Waals surface area contributed by atoms with Gasteiger partial charge in [-0.1, -0.05) is 17.7 Å². The first-order chi connectivity index (χ1) is 14.7. The first-order valence-corrected chi connectivity index (χ1v) is 11.4. The highest BCUT2D eigenvalue weighted by Crippen LogP contribution is 2.22. The molecular formula is C22H26N2O6S. The molecule has 0 radical (unpaired) electrons. The first kappa shape index (κ1) is 22.8. The van der Waals surface area contributed by atoms with Gasteiger partial charge in [-0.25, -0.2) is 13.2 Å². The Morgan fingerprint density at radius 3 is 2.39 bits per heavy atom. The van der Waals surface area contributed by atoms with Gasteiger partial charge in [-0.15, -0.1) is 0 Å². The number of amides is 1. The number of hydrogen-bond acceptors (Lipinski definition) is 6. The molecule has 0 N–H and O–H groups in total. The number of hydrogen-bond donors (Lipinski definition) is 0. The van der Waals surface area contributed by atoms with Crippen molar-refractivity contribution in [1.29, 1.82) is 0 Å². The average Bonchev–Trinajstić information content (AvgIpc) is 3.15. The van der Waals surface area contributed by atoms with Gasteiger partial charge in [0.1, 0.15) is 11.5 Å². The van der Waals surface area contributed by atoms with Crippen LogP contribution in [-0.2, 0) is 24.3 Å². The van der Waals surface area contributed by atoms with Crippen LogP contribution >= 0.6 is 0 Å². The third-order valence-electron chi connectivity index (χ3n) is 5.02. The first-order valence-electron chi connectivity index (χ1n) is 9.93. The molecule has 3 rings (SSSR count). The molecule has 166 valence electrons. The SMILES string of the molecule is Cc1ccc(S(=O)(=O)N2CCN(C(=O)COC(=O)C=Cc3ccc(C)o3)CC2)c(C)c1. The number of carbonyl (C=O) groups is 2. The second kappa shape index (κ2) is 9.49. The zero-order chi connectivity index (χ0) is 22.6. The van der Waals surface area contributed by atoms with Crippen LogP contribution in [0.5, 0.6) is 0 Å². The molecule has 2 heterocycles. The lowest BCUT2D eigenvalue weighted by Crippen LogP contribution is -2.51. The standard InChI is InChI=1S/C22H26N2O6S/c1-16-4-8-20(17(2)14-16)31(27,28)24-12-10-23(11-13-24)21(25)15-29-22(26)9-7-19-6-5-18(3)30-19/h4-9,14H,10-13,15H2,1-3H3. The number of sulfonamides is 1. The third-order valence-corrected chi connectivity index (χ3v) is 7.08. The number of aryl methyl sites for hydroxylation is 3. The summed E-state index contributed by atoms with van der Waals surface area (Å²) in [6, 6.07) is 8.72. The largest absolute Gasteiger partial charge is 0.462 e. The van der Waals surface area contributed by atoms with Crippen LogP contribution in [0.2, 0.25) is 0 Å². The number of piperazine rings is 1. The highest BCUT2D eigenvalue weighted by Gasteiger charge is 2.31. The Kier molecular flexibility index (Phi) is 6.97. The van der Waals surface area contributed by atoms with Crippen molar-refractivity contribution in [3.63, 3.8) is 0 Å². The molecule has 1 saturated heterocycles. The van der Waals surface area contributed by atoms with E-state index in [1.165, 1.54) is 21.4 Å². The number of benzene rings is 1. The Hall–Kier alpha value is -2.91. The fourth-order valence-corrected chi connectivity index (χ4v) is 5.00. The Bertz CT molecular complexity index is 1090. The van der Waals surface area contributed by atoms with E-state index >= 15 is 0 Å². The summed E-state index contributed by atoms with van der Waals surface area (Å²) in [7, 11) is -3.62. The molecule has 0 unspecified atom stereocenters. The van der Waals surface area contributed by atoms with Gasteiger partial charge in [-0.3, -0.25) is 4.79 Å². The van der Waals surface area contributed by atoms with Crippen LogP contribution in [0.15, 0.2) is 45.7 Å². The van der Waals surface area contributed by atoms with Gasteiger partial charge in [0.25, 0.3) is 5.91 Å². The number of ether oxygens (including phenoxy) is 1. The lowest BCUT2D eigenvalue weighted by atomic mass is 10.2. The van der Waals surface area contributed by atoms with Crippen molar-refractivity contribution in [2.45, 2.75) is 25.7 Å². The van der Waals surface area contributed by atoms with Crippen molar-refractivity contribution >= 4 is 28.0 Å². The van der Waals surface area contributed by atoms with Crippen molar-refractivity contribution in [1.82, 2.24) is 9.21 Å². The van der Waals surface area contributed by atoms with Crippen LogP contribution in [0.4, 0.5) is 0 Å². The van der Waals surface area contributed by atoms with Gasteiger partial charge < -0.3 is 14.1 Å². The van der Waals surface area contributed by atoms with Crippen molar-refractivity contribution < 1.29 is 27.2 Å². The summed E-state index contributed by atoms with van der Waals surface area (Å²) in [4.78, 5) is 25.9. The Labute approximate surface area is 182 Å². The number of rotatable bonds is 6. The normalized spacial score (nSPS) is 15.4. The highest BCUT2D eigenvalue weighted by atomic mass is 32.2. The molecule has 0 atom stereocenters. The second-order valence-corrected chi connectivity index (χ2v) is 9.35. The zero-order valence-electron chi connectivity index (χ0n) is 17.8. The van der Waals surface area contributed by atoms with E-state index in [1.807, 2.05) is 13.0 Å². The fraction of sp³-hybridized carbons (Fsp3) is 0.364. The quantitative estimate of drug-likeness (QED) is 0.499. The van der Waals surface area contributed by atoms with Gasteiger partial charge >= 0.3 is 5.97 Å². The maximum atomic E-state index is 12.9. The van der Waals surface area contributed by atoms with E-state index in [0.29, 0.717) is 11.3 Å². The predicted octanol–water partition coefficient (Wildman–Crippen LogP) is 2.29. The summed E-state index contributed by atoms with van der Waals surface area (Å²) in [6.07, 6.45) is 2.66. The van der Waals surface area contributed by atoms with Crippen LogP contribution in [0, 0.1) is 20.8 Å². The molecule has 1 aliphatic rings. The molecule has 2 aromatic rings. The highest BCUT2D eigenvalue weighted by molar-refractivity contribution is 7.89. The summed E-state index contributed by atoms with van der Waals surface area (Å²) >= 11 is 0. The van der Waals surface area contributed by atoms with Gasteiger partial charge in [-0.05, 0) is 50.6 Å². The van der Waals surface area contributed by atoms with Crippen LogP contribution in [-0.4, -0.2) is 62.3 Å². The Morgan fingerprint density at radius 1 is 1.06 bits per heavy atom. The Morgan fingerprint density at radius 2 is 1.77 bits per heavy atom. The van der Waals surface area contributed by atoms with Crippen LogP contribution < -0.4 is 0 Å². The van der Waals surface area contributed by atoms with E-state index < -0.39 is 22.6 Å². The molecule has 31 heavy (non-hydrogen) atoms. The summed E-state index contributed by atoms with van der Waals surface area (Å²) in [5.41, 5.74) is 1.69. The molecule has 0 saturated carbocycles. The minimum Gasteiger partial charge on any atom is -0.462 e. The van der Waals surface area contributed by atoms with Gasteiger partial charge in [0.2, 0.25) is 10.0 Å². The van der Waals surface area contributed by atoms with E-state index in [-0.39, 0.29) is 37.0 Å². The van der Waals surface area contributed by atoms with E-state index in [2.05, 4.69) is 0 Å². The molecule has 1 amide bonds. The molecule has 8 nitrogen and oxygen atoms in total. The zero-order valence-corrected chi connectivity index (χ0v) is 18.6. The summed E-state index contributed by atoms with van der Waals surface area (Å²) < 4.78 is 37.6. The monoisotopic (exact) mass is 446 g/mol. The molecule has 1 fully saturated rings. The summed E-state index contributed by atoms with van der Waals surface area (Å²) in [5.74, 6) is 0.224. The van der Waals surface area contributed by atoms with Gasteiger partial charge in [0, 0.05) is 32.3 Å².